The fourth-order valence-electron chi connectivity index (χ4n) is 2.28. The molecule has 1 atom stereocenters. The van der Waals surface area contributed by atoms with Gasteiger partial charge in [-0.1, -0.05) is 5.16 Å². The van der Waals surface area contributed by atoms with Crippen LogP contribution in [0.15, 0.2) is 28.8 Å². The molecule has 1 unspecified atom stereocenters. The van der Waals surface area contributed by atoms with Gasteiger partial charge in [-0.25, -0.2) is 0 Å². The molecule has 3 rings (SSSR count). The second-order valence-electron chi connectivity index (χ2n) is 4.69. The van der Waals surface area contributed by atoms with Crippen LogP contribution in [0.4, 0.5) is 0 Å². The van der Waals surface area contributed by atoms with Gasteiger partial charge in [0.25, 0.3) is 5.89 Å². The summed E-state index contributed by atoms with van der Waals surface area (Å²) in [6.07, 6.45) is 2.24. The van der Waals surface area contributed by atoms with E-state index in [0.29, 0.717) is 17.4 Å². The molecule has 5 heteroatoms. The van der Waals surface area contributed by atoms with Crippen LogP contribution in [0.2, 0.25) is 0 Å². The summed E-state index contributed by atoms with van der Waals surface area (Å²) in [5.74, 6) is 1.63. The van der Waals surface area contributed by atoms with Crippen molar-refractivity contribution in [2.75, 3.05) is 13.1 Å². The van der Waals surface area contributed by atoms with Crippen LogP contribution >= 0.6 is 0 Å². The molecule has 0 bridgehead atoms. The summed E-state index contributed by atoms with van der Waals surface area (Å²) < 4.78 is 5.31. The van der Waals surface area contributed by atoms with Crippen LogP contribution in [-0.2, 0) is 0 Å². The summed E-state index contributed by atoms with van der Waals surface area (Å²) in [7, 11) is 0. The molecular formula is C14H14N4O. The highest BCUT2D eigenvalue weighted by Gasteiger charge is 2.21. The maximum Gasteiger partial charge on any atom is 0.257 e. The molecule has 1 fully saturated rings. The maximum absolute atomic E-state index is 8.76. The molecule has 1 aliphatic heterocycles. The first-order valence-corrected chi connectivity index (χ1v) is 6.41. The second kappa shape index (κ2) is 5.21. The first-order chi connectivity index (χ1) is 9.36. The predicted molar refractivity (Wildman–Crippen MR) is 69.3 cm³/mol. The first kappa shape index (κ1) is 11.9. The van der Waals surface area contributed by atoms with E-state index in [0.717, 1.165) is 37.3 Å². The Morgan fingerprint density at radius 2 is 2.16 bits per heavy atom. The van der Waals surface area contributed by atoms with Gasteiger partial charge in [-0.2, -0.15) is 10.2 Å². The van der Waals surface area contributed by atoms with Crippen molar-refractivity contribution in [3.63, 3.8) is 0 Å². The summed E-state index contributed by atoms with van der Waals surface area (Å²) in [5.41, 5.74) is 1.47. The van der Waals surface area contributed by atoms with Crippen molar-refractivity contribution >= 4 is 0 Å². The number of rotatable bonds is 2. The topological polar surface area (TPSA) is 74.7 Å². The molecule has 0 spiro atoms. The average molecular weight is 254 g/mol. The lowest BCUT2D eigenvalue weighted by Gasteiger charge is -2.19. The highest BCUT2D eigenvalue weighted by Crippen LogP contribution is 2.24. The zero-order valence-corrected chi connectivity index (χ0v) is 10.5. The van der Waals surface area contributed by atoms with E-state index in [-0.39, 0.29) is 0 Å². The van der Waals surface area contributed by atoms with E-state index >= 15 is 0 Å². The minimum atomic E-state index is 0.338. The van der Waals surface area contributed by atoms with E-state index in [2.05, 4.69) is 21.5 Å². The van der Waals surface area contributed by atoms with E-state index in [1.165, 1.54) is 0 Å². The quantitative estimate of drug-likeness (QED) is 0.888. The first-order valence-electron chi connectivity index (χ1n) is 6.41. The lowest BCUT2D eigenvalue weighted by Crippen LogP contribution is -2.28. The Kier molecular flexibility index (Phi) is 3.25. The van der Waals surface area contributed by atoms with Crippen LogP contribution in [0, 0.1) is 11.3 Å². The smallest absolute Gasteiger partial charge is 0.257 e. The largest absolute Gasteiger partial charge is 0.334 e. The zero-order chi connectivity index (χ0) is 13.1. The van der Waals surface area contributed by atoms with Crippen molar-refractivity contribution in [3.05, 3.63) is 35.7 Å². The summed E-state index contributed by atoms with van der Waals surface area (Å²) >= 11 is 0. The number of nitriles is 1. The van der Waals surface area contributed by atoms with Crippen molar-refractivity contribution in [1.82, 2.24) is 15.5 Å². The van der Waals surface area contributed by atoms with Gasteiger partial charge in [0.1, 0.15) is 0 Å². The number of hydrogen-bond acceptors (Lipinski definition) is 5. The van der Waals surface area contributed by atoms with E-state index < -0.39 is 0 Å². The predicted octanol–water partition coefficient (Wildman–Crippen LogP) is 2.08. The molecule has 5 nitrogen and oxygen atoms in total. The lowest BCUT2D eigenvalue weighted by atomic mass is 9.99. The normalized spacial score (nSPS) is 19.0. The number of nitrogens with zero attached hydrogens (tertiary/aromatic N) is 3. The van der Waals surface area contributed by atoms with Crippen LogP contribution in [0.1, 0.15) is 30.1 Å². The van der Waals surface area contributed by atoms with Crippen LogP contribution in [0.5, 0.6) is 0 Å². The second-order valence-corrected chi connectivity index (χ2v) is 4.69. The Hall–Kier alpha value is -2.19. The van der Waals surface area contributed by atoms with Crippen LogP contribution in [-0.4, -0.2) is 23.2 Å². The number of aromatic nitrogens is 2. The van der Waals surface area contributed by atoms with E-state index in [4.69, 9.17) is 9.78 Å². The van der Waals surface area contributed by atoms with Crippen molar-refractivity contribution in [3.8, 4) is 17.5 Å². The molecule has 0 saturated carbocycles. The van der Waals surface area contributed by atoms with Gasteiger partial charge in [0, 0.05) is 18.0 Å². The average Bonchev–Trinajstić information content (AvgIpc) is 2.98. The highest BCUT2D eigenvalue weighted by molar-refractivity contribution is 5.54. The molecule has 19 heavy (non-hydrogen) atoms. The molecule has 0 radical (unpaired) electrons. The SMILES string of the molecule is N#Cc1ccc(-c2nc(C3CCCNC3)no2)cc1. The van der Waals surface area contributed by atoms with Gasteiger partial charge in [0.05, 0.1) is 11.6 Å². The van der Waals surface area contributed by atoms with Gasteiger partial charge < -0.3 is 9.84 Å². The molecule has 0 amide bonds. The molecule has 96 valence electrons. The summed E-state index contributed by atoms with van der Waals surface area (Å²) in [6.45, 7) is 1.98. The van der Waals surface area contributed by atoms with Crippen molar-refractivity contribution < 1.29 is 4.52 Å². The van der Waals surface area contributed by atoms with Gasteiger partial charge >= 0.3 is 0 Å². The van der Waals surface area contributed by atoms with Crippen LogP contribution in [0.3, 0.4) is 0 Å². The van der Waals surface area contributed by atoms with Crippen LogP contribution < -0.4 is 5.32 Å². The third-order valence-electron chi connectivity index (χ3n) is 3.36. The number of benzene rings is 1. The van der Waals surface area contributed by atoms with Crippen molar-refractivity contribution in [2.45, 2.75) is 18.8 Å². The molecule has 1 aromatic heterocycles. The molecule has 2 heterocycles. The zero-order valence-electron chi connectivity index (χ0n) is 10.5. The number of hydrogen-bond donors (Lipinski definition) is 1. The molecule has 1 aromatic carbocycles. The van der Waals surface area contributed by atoms with Crippen LogP contribution in [0.25, 0.3) is 11.5 Å². The monoisotopic (exact) mass is 254 g/mol. The van der Waals surface area contributed by atoms with E-state index in [1.807, 2.05) is 12.1 Å². The van der Waals surface area contributed by atoms with Gasteiger partial charge in [-0.3, -0.25) is 0 Å². The number of nitrogens with one attached hydrogen (secondary N) is 1. The standard InChI is InChI=1S/C14H14N4O/c15-8-10-3-5-11(6-4-10)14-17-13(18-19-14)12-2-1-7-16-9-12/h3-6,12,16H,1-2,7,9H2. The molecule has 1 N–H and O–H groups in total. The maximum atomic E-state index is 8.76. The molecule has 2 aromatic rings. The third-order valence-corrected chi connectivity index (χ3v) is 3.36. The fraction of sp³-hybridized carbons (Fsp3) is 0.357. The third kappa shape index (κ3) is 2.49. The molecule has 1 saturated heterocycles. The molecule has 1 aliphatic rings. The summed E-state index contributed by atoms with van der Waals surface area (Å²) in [4.78, 5) is 4.46. The highest BCUT2D eigenvalue weighted by atomic mass is 16.5. The lowest BCUT2D eigenvalue weighted by molar-refractivity contribution is 0.393. The molecular weight excluding hydrogens is 240 g/mol. The Bertz CT molecular complexity index is 591. The number of piperidine rings is 1. The Labute approximate surface area is 111 Å². The Balaban J connectivity index is 1.81. The van der Waals surface area contributed by atoms with Gasteiger partial charge in [-0.05, 0) is 43.7 Å². The summed E-state index contributed by atoms with van der Waals surface area (Å²) in [5, 5.41) is 16.2. The van der Waals surface area contributed by atoms with E-state index in [1.54, 1.807) is 12.1 Å². The van der Waals surface area contributed by atoms with E-state index in [9.17, 15) is 0 Å². The van der Waals surface area contributed by atoms with Gasteiger partial charge in [0.2, 0.25) is 0 Å². The van der Waals surface area contributed by atoms with Crippen molar-refractivity contribution in [2.24, 2.45) is 0 Å². The van der Waals surface area contributed by atoms with Crippen molar-refractivity contribution in [1.29, 1.82) is 5.26 Å². The Morgan fingerprint density at radius 1 is 1.32 bits per heavy atom. The molecule has 0 aliphatic carbocycles. The fourth-order valence-corrected chi connectivity index (χ4v) is 2.28. The van der Waals surface area contributed by atoms with Gasteiger partial charge in [0.15, 0.2) is 5.82 Å². The minimum Gasteiger partial charge on any atom is -0.334 e. The minimum absolute atomic E-state index is 0.338. The van der Waals surface area contributed by atoms with Gasteiger partial charge in [-0.15, -0.1) is 0 Å². The Morgan fingerprint density at radius 3 is 2.84 bits per heavy atom. The summed E-state index contributed by atoms with van der Waals surface area (Å²) in [6, 6.07) is 9.25.